The van der Waals surface area contributed by atoms with E-state index in [-0.39, 0.29) is 11.9 Å². The zero-order valence-corrected chi connectivity index (χ0v) is 18.9. The molecule has 0 aliphatic carbocycles. The highest BCUT2D eigenvalue weighted by Gasteiger charge is 2.28. The van der Waals surface area contributed by atoms with Crippen LogP contribution in [-0.2, 0) is 4.79 Å². The Bertz CT molecular complexity index is 793. The van der Waals surface area contributed by atoms with Gasteiger partial charge in [-0.1, -0.05) is 84.6 Å². The van der Waals surface area contributed by atoms with Crippen molar-refractivity contribution in [2.75, 3.05) is 45.0 Å². The SMILES string of the molecule is O=C(CSC(=S)N1CCCC1)N1CCN(C(c2ccccc2)c2ccccc2)CC1. The van der Waals surface area contributed by atoms with E-state index < -0.39 is 0 Å². The fourth-order valence-electron chi connectivity index (χ4n) is 4.32. The van der Waals surface area contributed by atoms with E-state index in [1.165, 1.54) is 35.7 Å². The van der Waals surface area contributed by atoms with Crippen molar-refractivity contribution in [1.29, 1.82) is 0 Å². The van der Waals surface area contributed by atoms with E-state index in [0.717, 1.165) is 43.6 Å². The van der Waals surface area contributed by atoms with Gasteiger partial charge in [0.1, 0.15) is 4.32 Å². The number of carbonyl (C=O) groups is 1. The lowest BCUT2D eigenvalue weighted by Gasteiger charge is -2.39. The zero-order chi connectivity index (χ0) is 20.8. The van der Waals surface area contributed by atoms with Gasteiger partial charge in [-0.3, -0.25) is 9.69 Å². The number of piperazine rings is 1. The molecule has 0 aromatic heterocycles. The minimum atomic E-state index is 0.206. The van der Waals surface area contributed by atoms with Gasteiger partial charge in [-0.15, -0.1) is 0 Å². The summed E-state index contributed by atoms with van der Waals surface area (Å²) >= 11 is 7.03. The Morgan fingerprint density at radius 3 is 1.87 bits per heavy atom. The van der Waals surface area contributed by atoms with Crippen molar-refractivity contribution in [3.05, 3.63) is 71.8 Å². The van der Waals surface area contributed by atoms with E-state index in [1.54, 1.807) is 0 Å². The zero-order valence-electron chi connectivity index (χ0n) is 17.3. The monoisotopic (exact) mass is 439 g/mol. The van der Waals surface area contributed by atoms with Crippen LogP contribution < -0.4 is 0 Å². The topological polar surface area (TPSA) is 26.8 Å². The molecule has 2 heterocycles. The molecule has 0 N–H and O–H groups in total. The summed E-state index contributed by atoms with van der Waals surface area (Å²) in [6.07, 6.45) is 2.42. The predicted molar refractivity (Wildman–Crippen MR) is 129 cm³/mol. The van der Waals surface area contributed by atoms with E-state index >= 15 is 0 Å². The predicted octanol–water partition coefficient (Wildman–Crippen LogP) is 4.03. The molecule has 30 heavy (non-hydrogen) atoms. The second kappa shape index (κ2) is 10.4. The highest BCUT2D eigenvalue weighted by Crippen LogP contribution is 2.29. The van der Waals surface area contributed by atoms with Crippen LogP contribution in [0.2, 0.25) is 0 Å². The highest BCUT2D eigenvalue weighted by atomic mass is 32.2. The first kappa shape index (κ1) is 21.3. The molecule has 2 aromatic carbocycles. The second-order valence-corrected chi connectivity index (χ2v) is 9.50. The molecule has 0 radical (unpaired) electrons. The smallest absolute Gasteiger partial charge is 0.233 e. The van der Waals surface area contributed by atoms with Gasteiger partial charge in [-0.2, -0.15) is 0 Å². The molecule has 158 valence electrons. The maximum absolute atomic E-state index is 12.7. The van der Waals surface area contributed by atoms with Crippen LogP contribution >= 0.6 is 24.0 Å². The van der Waals surface area contributed by atoms with Crippen LogP contribution in [0.5, 0.6) is 0 Å². The Hall–Kier alpha value is -1.89. The van der Waals surface area contributed by atoms with Gasteiger partial charge in [0.25, 0.3) is 0 Å². The summed E-state index contributed by atoms with van der Waals surface area (Å²) in [7, 11) is 0. The molecule has 0 unspecified atom stereocenters. The first-order valence-electron chi connectivity index (χ1n) is 10.8. The lowest BCUT2D eigenvalue weighted by Crippen LogP contribution is -2.50. The number of rotatable bonds is 5. The van der Waals surface area contributed by atoms with Gasteiger partial charge in [0.05, 0.1) is 11.8 Å². The lowest BCUT2D eigenvalue weighted by atomic mass is 9.96. The fraction of sp³-hybridized carbons (Fsp3) is 0.417. The molecular weight excluding hydrogens is 410 g/mol. The molecule has 6 heteroatoms. The molecule has 0 bridgehead atoms. The van der Waals surface area contributed by atoms with Crippen molar-refractivity contribution in [3.8, 4) is 0 Å². The summed E-state index contributed by atoms with van der Waals surface area (Å²) in [6, 6.07) is 21.6. The third-order valence-corrected chi connectivity index (χ3v) is 7.45. The number of thioether (sulfide) groups is 1. The molecule has 1 amide bonds. The summed E-state index contributed by atoms with van der Waals surface area (Å²) in [4.78, 5) is 19.5. The van der Waals surface area contributed by atoms with E-state index in [2.05, 4.69) is 70.5 Å². The van der Waals surface area contributed by atoms with Crippen LogP contribution in [0, 0.1) is 0 Å². The van der Waals surface area contributed by atoms with E-state index in [4.69, 9.17) is 12.2 Å². The van der Waals surface area contributed by atoms with Crippen LogP contribution in [0.4, 0.5) is 0 Å². The molecule has 4 nitrogen and oxygen atoms in total. The number of hydrogen-bond donors (Lipinski definition) is 0. The molecule has 2 aliphatic heterocycles. The quantitative estimate of drug-likeness (QED) is 0.656. The van der Waals surface area contributed by atoms with Crippen molar-refractivity contribution in [2.24, 2.45) is 0 Å². The van der Waals surface area contributed by atoms with Crippen LogP contribution in [0.15, 0.2) is 60.7 Å². The molecule has 4 rings (SSSR count). The fourth-order valence-corrected chi connectivity index (χ4v) is 5.47. The van der Waals surface area contributed by atoms with Crippen LogP contribution in [0.1, 0.15) is 30.0 Å². The Balaban J connectivity index is 1.35. The Morgan fingerprint density at radius 1 is 0.800 bits per heavy atom. The van der Waals surface area contributed by atoms with Gasteiger partial charge in [0.2, 0.25) is 5.91 Å². The number of benzene rings is 2. The van der Waals surface area contributed by atoms with Gasteiger partial charge in [-0.25, -0.2) is 0 Å². The normalized spacial score (nSPS) is 17.5. The number of likely N-dealkylation sites (tertiary alicyclic amines) is 1. The Morgan fingerprint density at radius 2 is 1.33 bits per heavy atom. The van der Waals surface area contributed by atoms with Crippen molar-refractivity contribution in [1.82, 2.24) is 14.7 Å². The number of hydrogen-bond acceptors (Lipinski definition) is 4. The molecule has 0 atom stereocenters. The molecule has 2 saturated heterocycles. The van der Waals surface area contributed by atoms with E-state index in [9.17, 15) is 4.79 Å². The van der Waals surface area contributed by atoms with Gasteiger partial charge < -0.3 is 9.80 Å². The average molecular weight is 440 g/mol. The first-order chi connectivity index (χ1) is 14.7. The first-order valence-corrected chi connectivity index (χ1v) is 12.1. The van der Waals surface area contributed by atoms with Crippen molar-refractivity contribution in [2.45, 2.75) is 18.9 Å². The summed E-state index contributed by atoms with van der Waals surface area (Å²) in [5.74, 6) is 0.660. The average Bonchev–Trinajstić information content (AvgIpc) is 3.35. The maximum atomic E-state index is 12.7. The minimum absolute atomic E-state index is 0.206. The van der Waals surface area contributed by atoms with Gasteiger partial charge in [0.15, 0.2) is 0 Å². The van der Waals surface area contributed by atoms with Gasteiger partial charge >= 0.3 is 0 Å². The van der Waals surface area contributed by atoms with Crippen LogP contribution in [-0.4, -0.2) is 69.9 Å². The summed E-state index contributed by atoms with van der Waals surface area (Å²) in [5, 5.41) is 0. The Labute approximate surface area is 189 Å². The van der Waals surface area contributed by atoms with E-state index in [0.29, 0.717) is 5.75 Å². The van der Waals surface area contributed by atoms with Crippen LogP contribution in [0.25, 0.3) is 0 Å². The molecular formula is C24H29N3OS2. The summed E-state index contributed by atoms with van der Waals surface area (Å²) in [5.41, 5.74) is 2.60. The highest BCUT2D eigenvalue weighted by molar-refractivity contribution is 8.23. The minimum Gasteiger partial charge on any atom is -0.358 e. The number of amides is 1. The third kappa shape index (κ3) is 5.23. The van der Waals surface area contributed by atoms with Crippen molar-refractivity contribution < 1.29 is 4.79 Å². The molecule has 0 spiro atoms. The second-order valence-electron chi connectivity index (χ2n) is 7.89. The lowest BCUT2D eigenvalue weighted by molar-refractivity contribution is -0.130. The third-order valence-electron chi connectivity index (χ3n) is 5.95. The van der Waals surface area contributed by atoms with Crippen molar-refractivity contribution >= 4 is 34.2 Å². The largest absolute Gasteiger partial charge is 0.358 e. The van der Waals surface area contributed by atoms with Crippen molar-refractivity contribution in [3.63, 3.8) is 0 Å². The summed E-state index contributed by atoms with van der Waals surface area (Å²) in [6.45, 7) is 5.37. The maximum Gasteiger partial charge on any atom is 0.233 e. The molecule has 0 saturated carbocycles. The standard InChI is InChI=1S/C24H29N3OS2/c28-22(19-30-24(29)27-13-7-8-14-27)25-15-17-26(18-16-25)23(20-9-3-1-4-10-20)21-11-5-2-6-12-21/h1-6,9-12,23H,7-8,13-19H2. The molecule has 2 aliphatic rings. The number of nitrogens with zero attached hydrogens (tertiary/aromatic N) is 3. The molecule has 2 fully saturated rings. The van der Waals surface area contributed by atoms with Gasteiger partial charge in [0, 0.05) is 39.3 Å². The van der Waals surface area contributed by atoms with Gasteiger partial charge in [-0.05, 0) is 24.0 Å². The number of thiocarbonyl (C=S) groups is 1. The van der Waals surface area contributed by atoms with Crippen LogP contribution in [0.3, 0.4) is 0 Å². The molecule has 2 aromatic rings. The summed E-state index contributed by atoms with van der Waals surface area (Å²) < 4.78 is 0.882. The Kier molecular flexibility index (Phi) is 7.42. The number of carbonyl (C=O) groups excluding carboxylic acids is 1. The van der Waals surface area contributed by atoms with E-state index in [1.807, 2.05) is 4.90 Å².